The van der Waals surface area contributed by atoms with Crippen LogP contribution in [-0.4, -0.2) is 36.9 Å². The summed E-state index contributed by atoms with van der Waals surface area (Å²) in [6.45, 7) is 4.49. The molecule has 0 unspecified atom stereocenters. The van der Waals surface area contributed by atoms with Gasteiger partial charge in [0, 0.05) is 13.1 Å². The lowest BCUT2D eigenvalue weighted by molar-refractivity contribution is 0.0702. The zero-order chi connectivity index (χ0) is 13.1. The monoisotopic (exact) mass is 277 g/mol. The summed E-state index contributed by atoms with van der Waals surface area (Å²) in [4.78, 5) is 10.7. The molecule has 1 N–H and O–H groups in total. The molecule has 0 aliphatic rings. The summed E-state index contributed by atoms with van der Waals surface area (Å²) in [6.07, 6.45) is 0.726. The lowest BCUT2D eigenvalue weighted by atomic mass is 10.5. The molecule has 0 radical (unpaired) electrons. The molecule has 1 aromatic heterocycles. The Morgan fingerprint density at radius 3 is 2.47 bits per heavy atom. The number of sulfonamides is 1. The maximum atomic E-state index is 12.1. The fourth-order valence-electron chi connectivity index (χ4n) is 1.40. The van der Waals surface area contributed by atoms with Crippen LogP contribution in [0.3, 0.4) is 0 Å². The van der Waals surface area contributed by atoms with Gasteiger partial charge in [-0.15, -0.1) is 11.3 Å². The standard InChI is InChI=1S/C10H15NO4S2/c1-3-7-11(4-2)17(14,15)9-6-5-8(16-9)10(12)13/h5-6H,3-4,7H2,1-2H3,(H,12,13). The summed E-state index contributed by atoms with van der Waals surface area (Å²) in [6, 6.07) is 2.67. The molecular weight excluding hydrogens is 262 g/mol. The molecule has 0 aliphatic carbocycles. The molecule has 17 heavy (non-hydrogen) atoms. The fraction of sp³-hybridized carbons (Fsp3) is 0.500. The molecule has 7 heteroatoms. The Morgan fingerprint density at radius 2 is 2.06 bits per heavy atom. The van der Waals surface area contributed by atoms with E-state index in [1.54, 1.807) is 6.92 Å². The molecule has 0 atom stereocenters. The van der Waals surface area contributed by atoms with Crippen LogP contribution in [0.4, 0.5) is 0 Å². The third-order valence-electron chi connectivity index (χ3n) is 2.21. The van der Waals surface area contributed by atoms with E-state index in [-0.39, 0.29) is 9.09 Å². The molecule has 0 aromatic carbocycles. The van der Waals surface area contributed by atoms with E-state index >= 15 is 0 Å². The Hall–Kier alpha value is -0.920. The second-order valence-corrected chi connectivity index (χ2v) is 6.67. The van der Waals surface area contributed by atoms with Gasteiger partial charge in [-0.2, -0.15) is 4.31 Å². The number of rotatable bonds is 6. The Bertz CT molecular complexity index is 492. The SMILES string of the molecule is CCCN(CC)S(=O)(=O)c1ccc(C(=O)O)s1. The second-order valence-electron chi connectivity index (χ2n) is 3.42. The van der Waals surface area contributed by atoms with Gasteiger partial charge in [0.25, 0.3) is 10.0 Å². The average Bonchev–Trinajstić information content (AvgIpc) is 2.75. The van der Waals surface area contributed by atoms with E-state index in [1.165, 1.54) is 16.4 Å². The van der Waals surface area contributed by atoms with Crippen molar-refractivity contribution in [2.75, 3.05) is 13.1 Å². The molecule has 0 saturated heterocycles. The summed E-state index contributed by atoms with van der Waals surface area (Å²) < 4.78 is 25.7. The van der Waals surface area contributed by atoms with Gasteiger partial charge in [0.1, 0.15) is 9.09 Å². The van der Waals surface area contributed by atoms with Crippen LogP contribution < -0.4 is 0 Å². The number of nitrogens with zero attached hydrogens (tertiary/aromatic N) is 1. The number of aromatic carboxylic acids is 1. The maximum Gasteiger partial charge on any atom is 0.345 e. The first-order valence-corrected chi connectivity index (χ1v) is 7.52. The number of carboxylic acid groups (broad SMARTS) is 1. The van der Waals surface area contributed by atoms with Gasteiger partial charge in [-0.1, -0.05) is 13.8 Å². The van der Waals surface area contributed by atoms with Crippen molar-refractivity contribution in [2.24, 2.45) is 0 Å². The van der Waals surface area contributed by atoms with Crippen molar-refractivity contribution in [2.45, 2.75) is 24.5 Å². The highest BCUT2D eigenvalue weighted by atomic mass is 32.2. The van der Waals surface area contributed by atoms with Gasteiger partial charge in [-0.3, -0.25) is 0 Å². The van der Waals surface area contributed by atoms with Crippen LogP contribution in [0.15, 0.2) is 16.3 Å². The minimum absolute atomic E-state index is 0.0381. The summed E-state index contributed by atoms with van der Waals surface area (Å²) in [7, 11) is -3.54. The zero-order valence-corrected chi connectivity index (χ0v) is 11.3. The van der Waals surface area contributed by atoms with Crippen LogP contribution in [0.5, 0.6) is 0 Å². The van der Waals surface area contributed by atoms with E-state index in [0.717, 1.165) is 17.8 Å². The van der Waals surface area contributed by atoms with Crippen LogP contribution in [0, 0.1) is 0 Å². The molecule has 0 amide bonds. The summed E-state index contributed by atoms with van der Waals surface area (Å²) in [5, 5.41) is 8.77. The van der Waals surface area contributed by atoms with E-state index in [9.17, 15) is 13.2 Å². The van der Waals surface area contributed by atoms with Gasteiger partial charge in [0.05, 0.1) is 0 Å². The molecule has 1 rings (SSSR count). The van der Waals surface area contributed by atoms with Gasteiger partial charge in [0.2, 0.25) is 0 Å². The Morgan fingerprint density at radius 1 is 1.41 bits per heavy atom. The first kappa shape index (κ1) is 14.1. The van der Waals surface area contributed by atoms with E-state index in [4.69, 9.17) is 5.11 Å². The Labute approximate surface area is 105 Å². The third-order valence-corrected chi connectivity index (χ3v) is 5.73. The molecule has 0 aliphatic heterocycles. The predicted molar refractivity (Wildman–Crippen MR) is 66.0 cm³/mol. The normalized spacial score (nSPS) is 11.9. The van der Waals surface area contributed by atoms with Crippen LogP contribution in [-0.2, 0) is 10.0 Å². The van der Waals surface area contributed by atoms with E-state index < -0.39 is 16.0 Å². The van der Waals surface area contributed by atoms with Gasteiger partial charge < -0.3 is 5.11 Å². The lowest BCUT2D eigenvalue weighted by Gasteiger charge is -2.18. The van der Waals surface area contributed by atoms with E-state index in [0.29, 0.717) is 13.1 Å². The molecular formula is C10H15NO4S2. The minimum atomic E-state index is -3.54. The van der Waals surface area contributed by atoms with Gasteiger partial charge in [-0.05, 0) is 18.6 Å². The molecule has 0 spiro atoms. The lowest BCUT2D eigenvalue weighted by Crippen LogP contribution is -2.31. The smallest absolute Gasteiger partial charge is 0.345 e. The molecule has 96 valence electrons. The highest BCUT2D eigenvalue weighted by Crippen LogP contribution is 2.24. The largest absolute Gasteiger partial charge is 0.477 e. The summed E-state index contributed by atoms with van der Waals surface area (Å²) >= 11 is 0.788. The van der Waals surface area contributed by atoms with Crippen LogP contribution in [0.2, 0.25) is 0 Å². The van der Waals surface area contributed by atoms with Crippen LogP contribution in [0.25, 0.3) is 0 Å². The molecule has 1 aromatic rings. The molecule has 5 nitrogen and oxygen atoms in total. The highest BCUT2D eigenvalue weighted by Gasteiger charge is 2.25. The van der Waals surface area contributed by atoms with E-state index in [1.807, 2.05) is 6.92 Å². The number of carbonyl (C=O) groups is 1. The van der Waals surface area contributed by atoms with Gasteiger partial charge in [-0.25, -0.2) is 13.2 Å². The van der Waals surface area contributed by atoms with Crippen molar-refractivity contribution in [3.8, 4) is 0 Å². The zero-order valence-electron chi connectivity index (χ0n) is 9.71. The number of hydrogen-bond acceptors (Lipinski definition) is 4. The van der Waals surface area contributed by atoms with Crippen LogP contribution >= 0.6 is 11.3 Å². The quantitative estimate of drug-likeness (QED) is 0.861. The highest BCUT2D eigenvalue weighted by molar-refractivity contribution is 7.91. The minimum Gasteiger partial charge on any atom is -0.477 e. The Kier molecular flexibility index (Phi) is 4.67. The second kappa shape index (κ2) is 5.61. The molecule has 0 bridgehead atoms. The number of thiophene rings is 1. The van der Waals surface area contributed by atoms with Gasteiger partial charge in [0.15, 0.2) is 0 Å². The van der Waals surface area contributed by atoms with Crippen molar-refractivity contribution < 1.29 is 18.3 Å². The van der Waals surface area contributed by atoms with Gasteiger partial charge >= 0.3 is 5.97 Å². The van der Waals surface area contributed by atoms with Crippen LogP contribution in [0.1, 0.15) is 29.9 Å². The fourth-order valence-corrected chi connectivity index (χ4v) is 4.24. The third kappa shape index (κ3) is 3.05. The van der Waals surface area contributed by atoms with Crippen molar-refractivity contribution in [1.29, 1.82) is 0 Å². The first-order chi connectivity index (χ1) is 7.93. The first-order valence-electron chi connectivity index (χ1n) is 5.26. The average molecular weight is 277 g/mol. The van der Waals surface area contributed by atoms with Crippen molar-refractivity contribution in [1.82, 2.24) is 4.31 Å². The van der Waals surface area contributed by atoms with Crippen molar-refractivity contribution in [3.05, 3.63) is 17.0 Å². The molecule has 0 fully saturated rings. The summed E-state index contributed by atoms with van der Waals surface area (Å²) in [5.74, 6) is -1.10. The summed E-state index contributed by atoms with van der Waals surface area (Å²) in [5.41, 5.74) is 0. The molecule has 0 saturated carbocycles. The molecule has 1 heterocycles. The van der Waals surface area contributed by atoms with Crippen molar-refractivity contribution >= 4 is 27.3 Å². The maximum absolute atomic E-state index is 12.1. The predicted octanol–water partition coefficient (Wildman–Crippen LogP) is 1.87. The Balaban J connectivity index is 3.07. The topological polar surface area (TPSA) is 74.7 Å². The number of hydrogen-bond donors (Lipinski definition) is 1. The number of carboxylic acids is 1. The van der Waals surface area contributed by atoms with Crippen molar-refractivity contribution in [3.63, 3.8) is 0 Å². The van der Waals surface area contributed by atoms with E-state index in [2.05, 4.69) is 0 Å².